The molecule has 0 fully saturated rings. The van der Waals surface area contributed by atoms with Crippen molar-refractivity contribution in [1.82, 2.24) is 16.0 Å². The molecule has 8 heteroatoms. The number of amides is 3. The highest BCUT2D eigenvalue weighted by Gasteiger charge is 2.40. The number of carbonyl (C=O) groups is 3. The summed E-state index contributed by atoms with van der Waals surface area (Å²) in [6.07, 6.45) is 1.69. The van der Waals surface area contributed by atoms with E-state index < -0.39 is 22.3 Å². The van der Waals surface area contributed by atoms with Crippen molar-refractivity contribution >= 4 is 17.9 Å². The van der Waals surface area contributed by atoms with Crippen molar-refractivity contribution in [2.75, 3.05) is 19.9 Å². The topological polar surface area (TPSA) is 117 Å². The first kappa shape index (κ1) is 27.2. The van der Waals surface area contributed by atoms with E-state index in [-0.39, 0.29) is 25.1 Å². The number of hydrogen-bond acceptors (Lipinski definition) is 4. The number of hydrogen-bond donors (Lipinski definition) is 4. The molecule has 0 heterocycles. The number of urea groups is 1. The summed E-state index contributed by atoms with van der Waals surface area (Å²) >= 11 is 0. The second-order valence-electron chi connectivity index (χ2n) is 10.0. The van der Waals surface area contributed by atoms with Crippen molar-refractivity contribution in [2.45, 2.75) is 80.2 Å². The van der Waals surface area contributed by atoms with Gasteiger partial charge >= 0.3 is 12.0 Å². The highest BCUT2D eigenvalue weighted by molar-refractivity contribution is 5.84. The average Bonchev–Trinajstić information content (AvgIpc) is 2.52. The van der Waals surface area contributed by atoms with Crippen LogP contribution in [-0.2, 0) is 14.3 Å². The van der Waals surface area contributed by atoms with Crippen LogP contribution in [-0.4, -0.2) is 48.4 Å². The van der Waals surface area contributed by atoms with Gasteiger partial charge in [-0.25, -0.2) is 4.79 Å². The normalized spacial score (nSPS) is 12.6. The molecule has 0 saturated heterocycles. The van der Waals surface area contributed by atoms with Gasteiger partial charge in [0.1, 0.15) is 6.73 Å². The van der Waals surface area contributed by atoms with Gasteiger partial charge in [-0.3, -0.25) is 9.59 Å². The van der Waals surface area contributed by atoms with Crippen LogP contribution in [0.1, 0.15) is 74.7 Å². The monoisotopic (exact) mass is 415 g/mol. The first-order valence-corrected chi connectivity index (χ1v) is 10.2. The Morgan fingerprint density at radius 3 is 2.07 bits per heavy atom. The zero-order valence-corrected chi connectivity index (χ0v) is 19.4. The van der Waals surface area contributed by atoms with Crippen molar-refractivity contribution < 1.29 is 24.2 Å². The third-order valence-electron chi connectivity index (χ3n) is 4.74. The molecule has 0 aliphatic heterocycles. The molecule has 0 aliphatic carbocycles. The molecule has 0 saturated carbocycles. The summed E-state index contributed by atoms with van der Waals surface area (Å²) in [6.45, 7) is 15.8. The fraction of sp³-hybridized carbons (Fsp3) is 0.857. The molecular weight excluding hydrogens is 374 g/mol. The lowest BCUT2D eigenvalue weighted by atomic mass is 9.74. The van der Waals surface area contributed by atoms with Crippen LogP contribution in [0, 0.1) is 16.7 Å². The van der Waals surface area contributed by atoms with Crippen molar-refractivity contribution in [1.29, 1.82) is 0 Å². The maximum atomic E-state index is 12.7. The SMILES string of the molecule is CC(C)CCNC(=O)NCOCCC(C)(C)NC(=O)C(C)(C)CC(C)(C)C(=O)O. The summed E-state index contributed by atoms with van der Waals surface area (Å²) in [5.41, 5.74) is -2.34. The van der Waals surface area contributed by atoms with Crippen LogP contribution in [0.25, 0.3) is 0 Å². The Morgan fingerprint density at radius 2 is 1.55 bits per heavy atom. The summed E-state index contributed by atoms with van der Waals surface area (Å²) in [5, 5.41) is 17.7. The number of nitrogens with one attached hydrogen (secondary N) is 3. The molecule has 0 atom stereocenters. The predicted molar refractivity (Wildman–Crippen MR) is 113 cm³/mol. The molecule has 0 spiro atoms. The van der Waals surface area contributed by atoms with Crippen molar-refractivity contribution in [3.8, 4) is 0 Å². The second kappa shape index (κ2) is 11.4. The van der Waals surface area contributed by atoms with Gasteiger partial charge in [-0.05, 0) is 52.9 Å². The van der Waals surface area contributed by atoms with Crippen LogP contribution in [0.2, 0.25) is 0 Å². The Balaban J connectivity index is 4.30. The van der Waals surface area contributed by atoms with Gasteiger partial charge in [0.25, 0.3) is 0 Å². The van der Waals surface area contributed by atoms with Crippen LogP contribution in [0.3, 0.4) is 0 Å². The molecule has 0 rings (SSSR count). The van der Waals surface area contributed by atoms with Crippen LogP contribution in [0.4, 0.5) is 4.79 Å². The summed E-state index contributed by atoms with van der Waals surface area (Å²) in [4.78, 5) is 35.7. The molecule has 0 radical (unpaired) electrons. The largest absolute Gasteiger partial charge is 0.481 e. The van der Waals surface area contributed by atoms with E-state index in [2.05, 4.69) is 29.8 Å². The number of ether oxygens (including phenoxy) is 1. The Morgan fingerprint density at radius 1 is 0.966 bits per heavy atom. The molecule has 8 nitrogen and oxygen atoms in total. The summed E-state index contributed by atoms with van der Waals surface area (Å²) in [5.74, 6) is -0.588. The van der Waals surface area contributed by atoms with Crippen LogP contribution >= 0.6 is 0 Å². The van der Waals surface area contributed by atoms with E-state index in [1.54, 1.807) is 27.7 Å². The van der Waals surface area contributed by atoms with Crippen molar-refractivity contribution in [3.05, 3.63) is 0 Å². The Hall–Kier alpha value is -1.83. The lowest BCUT2D eigenvalue weighted by Crippen LogP contribution is -2.51. The standard InChI is InChI=1S/C21H41N3O5/c1-15(2)9-11-22-18(28)23-14-29-12-10-21(7,8)24-16(25)19(3,4)13-20(5,6)17(26)27/h15H,9-14H2,1-8H3,(H,24,25)(H,26,27)(H2,22,23,28). The number of carboxylic acids is 1. The van der Waals surface area contributed by atoms with Gasteiger partial charge < -0.3 is 25.8 Å². The molecule has 0 bridgehead atoms. The van der Waals surface area contributed by atoms with E-state index in [1.807, 2.05) is 13.8 Å². The smallest absolute Gasteiger partial charge is 0.316 e. The minimum Gasteiger partial charge on any atom is -0.481 e. The van der Waals surface area contributed by atoms with Crippen LogP contribution in [0.15, 0.2) is 0 Å². The lowest BCUT2D eigenvalue weighted by molar-refractivity contribution is -0.150. The van der Waals surface area contributed by atoms with Gasteiger partial charge in [0.2, 0.25) is 5.91 Å². The fourth-order valence-electron chi connectivity index (χ4n) is 2.85. The van der Waals surface area contributed by atoms with Gasteiger partial charge in [0.15, 0.2) is 0 Å². The number of carbonyl (C=O) groups excluding carboxylic acids is 2. The van der Waals surface area contributed by atoms with Crippen molar-refractivity contribution in [3.63, 3.8) is 0 Å². The van der Waals surface area contributed by atoms with E-state index in [0.29, 0.717) is 25.5 Å². The highest BCUT2D eigenvalue weighted by atomic mass is 16.5. The Kier molecular flexibility index (Phi) is 10.7. The van der Waals surface area contributed by atoms with Gasteiger partial charge in [-0.1, -0.05) is 27.7 Å². The van der Waals surface area contributed by atoms with Crippen LogP contribution < -0.4 is 16.0 Å². The molecule has 0 aliphatic rings. The van der Waals surface area contributed by atoms with E-state index in [9.17, 15) is 19.5 Å². The summed E-state index contributed by atoms with van der Waals surface area (Å²) in [6, 6.07) is -0.263. The van der Waals surface area contributed by atoms with Gasteiger partial charge in [0.05, 0.1) is 12.0 Å². The molecule has 0 aromatic rings. The predicted octanol–water partition coefficient (Wildman–Crippen LogP) is 3.12. The fourth-order valence-corrected chi connectivity index (χ4v) is 2.85. The number of rotatable bonds is 13. The van der Waals surface area contributed by atoms with Crippen LogP contribution in [0.5, 0.6) is 0 Å². The minimum atomic E-state index is -0.991. The van der Waals surface area contributed by atoms with E-state index in [4.69, 9.17) is 4.74 Å². The maximum absolute atomic E-state index is 12.7. The summed E-state index contributed by atoms with van der Waals surface area (Å²) in [7, 11) is 0. The van der Waals surface area contributed by atoms with E-state index in [1.165, 1.54) is 0 Å². The molecule has 0 unspecified atom stereocenters. The second-order valence-corrected chi connectivity index (χ2v) is 10.0. The number of carboxylic acid groups (broad SMARTS) is 1. The first-order valence-electron chi connectivity index (χ1n) is 10.2. The molecule has 4 N–H and O–H groups in total. The van der Waals surface area contributed by atoms with Gasteiger partial charge in [0, 0.05) is 17.5 Å². The zero-order chi connectivity index (χ0) is 22.9. The third kappa shape index (κ3) is 11.7. The van der Waals surface area contributed by atoms with Gasteiger partial charge in [-0.2, -0.15) is 0 Å². The average molecular weight is 416 g/mol. The minimum absolute atomic E-state index is 0.0931. The maximum Gasteiger partial charge on any atom is 0.316 e. The molecule has 0 aromatic heterocycles. The highest BCUT2D eigenvalue weighted by Crippen LogP contribution is 2.34. The van der Waals surface area contributed by atoms with Crippen molar-refractivity contribution in [2.24, 2.45) is 16.7 Å². The third-order valence-corrected chi connectivity index (χ3v) is 4.74. The van der Waals surface area contributed by atoms with Gasteiger partial charge in [-0.15, -0.1) is 0 Å². The van der Waals surface area contributed by atoms with E-state index in [0.717, 1.165) is 6.42 Å². The lowest BCUT2D eigenvalue weighted by Gasteiger charge is -2.35. The summed E-state index contributed by atoms with van der Waals surface area (Å²) < 4.78 is 5.45. The Labute approximate surface area is 175 Å². The molecule has 0 aromatic carbocycles. The molecule has 170 valence electrons. The molecule has 3 amide bonds. The molecule has 29 heavy (non-hydrogen) atoms. The zero-order valence-electron chi connectivity index (χ0n) is 19.4. The Bertz CT molecular complexity index is 557. The molecular formula is C21H41N3O5. The van der Waals surface area contributed by atoms with E-state index >= 15 is 0 Å². The first-order chi connectivity index (χ1) is 13.1. The quantitative estimate of drug-likeness (QED) is 0.272. The number of aliphatic carboxylic acids is 1.